The monoisotopic (exact) mass is 308 g/mol. The number of thiazole rings is 1. The quantitative estimate of drug-likeness (QED) is 0.946. The number of rotatable bonds is 3. The first-order valence-electron chi connectivity index (χ1n) is 6.28. The maximum atomic E-state index is 11.5. The molecule has 2 aromatic rings. The van der Waals surface area contributed by atoms with Crippen LogP contribution in [0.15, 0.2) is 35.8 Å². The van der Waals surface area contributed by atoms with Gasteiger partial charge in [0.05, 0.1) is 5.92 Å². The Balaban J connectivity index is 1.88. The Labute approximate surface area is 125 Å². The predicted octanol–water partition coefficient (Wildman–Crippen LogP) is 3.10. The van der Waals surface area contributed by atoms with E-state index in [9.17, 15) is 9.90 Å². The number of nitrogens with zero attached hydrogens (tertiary/aromatic N) is 2. The number of hydrogen-bond donors (Lipinski definition) is 1. The molecule has 1 unspecified atom stereocenters. The fourth-order valence-electron chi connectivity index (χ4n) is 2.63. The topological polar surface area (TPSA) is 53.4 Å². The summed E-state index contributed by atoms with van der Waals surface area (Å²) in [6, 6.07) is 7.44. The summed E-state index contributed by atoms with van der Waals surface area (Å²) in [4.78, 5) is 17.8. The second-order valence-electron chi connectivity index (χ2n) is 4.82. The van der Waals surface area contributed by atoms with Gasteiger partial charge in [0.25, 0.3) is 0 Å². The lowest BCUT2D eigenvalue weighted by molar-refractivity contribution is -0.141. The molecule has 0 saturated carbocycles. The van der Waals surface area contributed by atoms with E-state index in [2.05, 4.69) is 4.98 Å². The molecule has 6 heteroatoms. The highest BCUT2D eigenvalue weighted by molar-refractivity contribution is 7.13. The van der Waals surface area contributed by atoms with Crippen LogP contribution in [0.2, 0.25) is 5.02 Å². The summed E-state index contributed by atoms with van der Waals surface area (Å²) in [6.45, 7) is 1.17. The number of aliphatic carboxylic acids is 1. The van der Waals surface area contributed by atoms with Crippen LogP contribution >= 0.6 is 22.9 Å². The van der Waals surface area contributed by atoms with E-state index < -0.39 is 11.9 Å². The Morgan fingerprint density at radius 3 is 2.70 bits per heavy atom. The molecule has 20 heavy (non-hydrogen) atoms. The minimum absolute atomic E-state index is 0.0336. The first kappa shape index (κ1) is 13.4. The molecule has 1 aromatic carbocycles. The number of halogens is 1. The van der Waals surface area contributed by atoms with E-state index in [-0.39, 0.29) is 5.92 Å². The van der Waals surface area contributed by atoms with Gasteiger partial charge in [-0.3, -0.25) is 4.79 Å². The zero-order valence-corrected chi connectivity index (χ0v) is 12.1. The van der Waals surface area contributed by atoms with Crippen LogP contribution in [0.3, 0.4) is 0 Å². The van der Waals surface area contributed by atoms with E-state index in [1.807, 2.05) is 34.5 Å². The van der Waals surface area contributed by atoms with Crippen LogP contribution in [0.5, 0.6) is 0 Å². The average molecular weight is 309 g/mol. The first-order chi connectivity index (χ1) is 9.65. The van der Waals surface area contributed by atoms with Crippen LogP contribution in [-0.4, -0.2) is 29.1 Å². The van der Waals surface area contributed by atoms with E-state index in [1.54, 1.807) is 6.20 Å². The molecule has 1 aliphatic rings. The van der Waals surface area contributed by atoms with Crippen LogP contribution in [0.1, 0.15) is 11.5 Å². The van der Waals surface area contributed by atoms with Crippen molar-refractivity contribution in [1.82, 2.24) is 4.98 Å². The highest BCUT2D eigenvalue weighted by atomic mass is 35.5. The molecule has 1 aliphatic heterocycles. The Morgan fingerprint density at radius 1 is 1.35 bits per heavy atom. The van der Waals surface area contributed by atoms with E-state index in [0.717, 1.165) is 10.7 Å². The molecule has 1 saturated heterocycles. The lowest BCUT2D eigenvalue weighted by Crippen LogP contribution is -2.22. The normalized spacial score (nSPS) is 22.1. The average Bonchev–Trinajstić information content (AvgIpc) is 3.08. The predicted molar refractivity (Wildman–Crippen MR) is 79.6 cm³/mol. The summed E-state index contributed by atoms with van der Waals surface area (Å²) in [7, 11) is 0. The lowest BCUT2D eigenvalue weighted by Gasteiger charge is -2.15. The van der Waals surface area contributed by atoms with Gasteiger partial charge in [-0.05, 0) is 17.7 Å². The van der Waals surface area contributed by atoms with Gasteiger partial charge in [0.15, 0.2) is 5.13 Å². The van der Waals surface area contributed by atoms with Gasteiger partial charge in [-0.25, -0.2) is 4.98 Å². The molecule has 0 bridgehead atoms. The summed E-state index contributed by atoms with van der Waals surface area (Å²) in [5.41, 5.74) is 1.01. The number of carbonyl (C=O) groups is 1. The Hall–Kier alpha value is -1.59. The molecule has 3 rings (SSSR count). The highest BCUT2D eigenvalue weighted by Crippen LogP contribution is 2.36. The van der Waals surface area contributed by atoms with Gasteiger partial charge in [-0.1, -0.05) is 23.7 Å². The van der Waals surface area contributed by atoms with E-state index in [4.69, 9.17) is 11.6 Å². The molecule has 2 atom stereocenters. The molecular formula is C14H13ClN2O2S. The lowest BCUT2D eigenvalue weighted by atomic mass is 9.89. The minimum atomic E-state index is -0.760. The van der Waals surface area contributed by atoms with Gasteiger partial charge in [-0.15, -0.1) is 11.3 Å². The van der Waals surface area contributed by atoms with Crippen LogP contribution < -0.4 is 4.90 Å². The van der Waals surface area contributed by atoms with Crippen molar-refractivity contribution in [1.29, 1.82) is 0 Å². The van der Waals surface area contributed by atoms with Crippen LogP contribution in [-0.2, 0) is 4.79 Å². The molecule has 1 fully saturated rings. The summed E-state index contributed by atoms with van der Waals surface area (Å²) in [5, 5.41) is 12.9. The third-order valence-electron chi connectivity index (χ3n) is 3.63. The van der Waals surface area contributed by atoms with Crippen LogP contribution in [0.25, 0.3) is 0 Å². The van der Waals surface area contributed by atoms with Gasteiger partial charge in [0, 0.05) is 35.6 Å². The van der Waals surface area contributed by atoms with Crippen LogP contribution in [0.4, 0.5) is 5.13 Å². The molecule has 0 radical (unpaired) electrons. The number of aromatic nitrogens is 1. The summed E-state index contributed by atoms with van der Waals surface area (Å²) < 4.78 is 0. The smallest absolute Gasteiger partial charge is 0.308 e. The SMILES string of the molecule is O=C(O)[C@H]1CN(c2nccs2)CC1c1ccc(Cl)cc1. The number of carboxylic acids is 1. The van der Waals surface area contributed by atoms with E-state index in [1.165, 1.54) is 11.3 Å². The summed E-state index contributed by atoms with van der Waals surface area (Å²) in [6.07, 6.45) is 1.74. The van der Waals surface area contributed by atoms with Crippen molar-refractivity contribution in [2.24, 2.45) is 5.92 Å². The van der Waals surface area contributed by atoms with Crippen molar-refractivity contribution >= 4 is 34.0 Å². The summed E-state index contributed by atoms with van der Waals surface area (Å²) >= 11 is 7.43. The zero-order chi connectivity index (χ0) is 14.1. The standard InChI is InChI=1S/C14H13ClN2O2S/c15-10-3-1-9(2-4-10)11-7-17(8-12(11)13(18)19)14-16-5-6-20-14/h1-6,11-12H,7-8H2,(H,18,19)/t11?,12-/m0/s1. The fraction of sp³-hybridized carbons (Fsp3) is 0.286. The zero-order valence-electron chi connectivity index (χ0n) is 10.6. The molecule has 2 heterocycles. The van der Waals surface area contributed by atoms with Gasteiger partial charge in [-0.2, -0.15) is 0 Å². The molecule has 0 amide bonds. The highest BCUT2D eigenvalue weighted by Gasteiger charge is 2.39. The second kappa shape index (κ2) is 5.42. The number of carboxylic acid groups (broad SMARTS) is 1. The van der Waals surface area contributed by atoms with Gasteiger partial charge < -0.3 is 10.0 Å². The number of anilines is 1. The van der Waals surface area contributed by atoms with E-state index >= 15 is 0 Å². The van der Waals surface area contributed by atoms with Crippen molar-refractivity contribution in [2.45, 2.75) is 5.92 Å². The largest absolute Gasteiger partial charge is 0.481 e. The van der Waals surface area contributed by atoms with Crippen molar-refractivity contribution in [3.8, 4) is 0 Å². The second-order valence-corrected chi connectivity index (χ2v) is 6.13. The maximum absolute atomic E-state index is 11.5. The summed E-state index contributed by atoms with van der Waals surface area (Å²) in [5.74, 6) is -1.21. The maximum Gasteiger partial charge on any atom is 0.308 e. The first-order valence-corrected chi connectivity index (χ1v) is 7.53. The molecule has 1 N–H and O–H groups in total. The van der Waals surface area contributed by atoms with Crippen molar-refractivity contribution in [2.75, 3.05) is 18.0 Å². The minimum Gasteiger partial charge on any atom is -0.481 e. The molecule has 104 valence electrons. The number of hydrogen-bond acceptors (Lipinski definition) is 4. The fourth-order valence-corrected chi connectivity index (χ4v) is 3.42. The van der Waals surface area contributed by atoms with E-state index in [0.29, 0.717) is 18.1 Å². The molecule has 0 aliphatic carbocycles. The molecule has 1 aromatic heterocycles. The Morgan fingerprint density at radius 2 is 2.10 bits per heavy atom. The molecule has 0 spiro atoms. The van der Waals surface area contributed by atoms with Gasteiger partial charge in [0.1, 0.15) is 0 Å². The molecular weight excluding hydrogens is 296 g/mol. The molecule has 4 nitrogen and oxygen atoms in total. The third kappa shape index (κ3) is 2.51. The van der Waals surface area contributed by atoms with Gasteiger partial charge in [0.2, 0.25) is 0 Å². The van der Waals surface area contributed by atoms with Crippen LogP contribution in [0, 0.1) is 5.92 Å². The van der Waals surface area contributed by atoms with Crippen molar-refractivity contribution in [3.05, 3.63) is 46.4 Å². The third-order valence-corrected chi connectivity index (χ3v) is 4.71. The van der Waals surface area contributed by atoms with Crippen molar-refractivity contribution < 1.29 is 9.90 Å². The van der Waals surface area contributed by atoms with Crippen molar-refractivity contribution in [3.63, 3.8) is 0 Å². The Kier molecular flexibility index (Phi) is 3.63. The van der Waals surface area contributed by atoms with Gasteiger partial charge >= 0.3 is 5.97 Å². The number of benzene rings is 1. The Bertz CT molecular complexity index is 600.